The van der Waals surface area contributed by atoms with E-state index in [1.807, 2.05) is 4.90 Å². The van der Waals surface area contributed by atoms with Crippen LogP contribution in [0.1, 0.15) is 12.8 Å². The van der Waals surface area contributed by atoms with Crippen LogP contribution in [-0.2, 0) is 4.79 Å². The minimum atomic E-state index is 0.0967. The lowest BCUT2D eigenvalue weighted by molar-refractivity contribution is -0.128. The Morgan fingerprint density at radius 1 is 1.47 bits per heavy atom. The van der Waals surface area contributed by atoms with E-state index in [0.29, 0.717) is 11.6 Å². The van der Waals surface area contributed by atoms with E-state index in [4.69, 9.17) is 11.6 Å². The zero-order valence-corrected chi connectivity index (χ0v) is 11.0. The number of hydrazine groups is 1. The molecular weight excluding hydrogens is 246 g/mol. The first-order valence-electron chi connectivity index (χ1n) is 6.20. The lowest BCUT2D eigenvalue weighted by Gasteiger charge is -2.22. The van der Waals surface area contributed by atoms with Crippen molar-refractivity contribution in [3.8, 4) is 0 Å². The molecule has 8 heteroatoms. The molecule has 0 aliphatic carbocycles. The number of nitrogens with two attached hydrogens (primary N) is 2. The Hall–Kier alpha value is -2.09. The van der Waals surface area contributed by atoms with Crippen LogP contribution in [0.3, 0.4) is 0 Å². The highest BCUT2D eigenvalue weighted by Crippen LogP contribution is 2.16. The SMILES string of the molecule is CN(CC(=O)N1CCCC1)c1cc(NN)nc(N)n1. The largest absolute Gasteiger partial charge is 0.368 e. The first-order valence-corrected chi connectivity index (χ1v) is 6.20. The number of likely N-dealkylation sites (N-methyl/N-ethyl adjacent to an activating group) is 1. The van der Waals surface area contributed by atoms with Crippen LogP contribution in [0.5, 0.6) is 0 Å². The highest BCUT2D eigenvalue weighted by Gasteiger charge is 2.19. The molecule has 0 unspecified atom stereocenters. The van der Waals surface area contributed by atoms with Gasteiger partial charge in [-0.3, -0.25) is 4.79 Å². The van der Waals surface area contributed by atoms with E-state index in [-0.39, 0.29) is 18.4 Å². The molecule has 0 atom stereocenters. The van der Waals surface area contributed by atoms with Gasteiger partial charge in [0, 0.05) is 26.2 Å². The molecule has 0 aromatic carbocycles. The molecule has 1 amide bonds. The van der Waals surface area contributed by atoms with Crippen LogP contribution < -0.4 is 21.9 Å². The van der Waals surface area contributed by atoms with Crippen LogP contribution in [0.2, 0.25) is 0 Å². The van der Waals surface area contributed by atoms with Gasteiger partial charge in [-0.05, 0) is 12.8 Å². The highest BCUT2D eigenvalue weighted by molar-refractivity contribution is 5.81. The van der Waals surface area contributed by atoms with Crippen molar-refractivity contribution in [2.45, 2.75) is 12.8 Å². The van der Waals surface area contributed by atoms with Gasteiger partial charge in [0.15, 0.2) is 0 Å². The molecule has 0 saturated carbocycles. The van der Waals surface area contributed by atoms with Crippen LogP contribution >= 0.6 is 0 Å². The summed E-state index contributed by atoms with van der Waals surface area (Å²) in [5, 5.41) is 0. The van der Waals surface area contributed by atoms with Crippen LogP contribution in [0.4, 0.5) is 17.6 Å². The number of hydrogen-bond donors (Lipinski definition) is 3. The van der Waals surface area contributed by atoms with Crippen LogP contribution in [0.25, 0.3) is 0 Å². The summed E-state index contributed by atoms with van der Waals surface area (Å²) >= 11 is 0. The molecule has 2 rings (SSSR count). The fraction of sp³-hybridized carbons (Fsp3) is 0.545. The Bertz CT molecular complexity index is 458. The molecule has 19 heavy (non-hydrogen) atoms. The Balaban J connectivity index is 2.04. The van der Waals surface area contributed by atoms with Crippen molar-refractivity contribution in [2.75, 3.05) is 42.7 Å². The molecule has 1 saturated heterocycles. The van der Waals surface area contributed by atoms with Gasteiger partial charge in [-0.2, -0.15) is 9.97 Å². The Labute approximate surface area is 111 Å². The molecule has 0 spiro atoms. The number of aromatic nitrogens is 2. The Morgan fingerprint density at radius 3 is 2.79 bits per heavy atom. The topological polar surface area (TPSA) is 113 Å². The Morgan fingerprint density at radius 2 is 2.16 bits per heavy atom. The van der Waals surface area contributed by atoms with Crippen molar-refractivity contribution in [2.24, 2.45) is 5.84 Å². The molecular formula is C11H19N7O. The van der Waals surface area contributed by atoms with E-state index in [1.165, 1.54) is 0 Å². The standard InChI is InChI=1S/C11H19N7O/c1-17(7-10(19)18-4-2-3-5-18)9-6-8(16-13)14-11(12)15-9/h6H,2-5,7,13H2,1H3,(H3,12,14,15,16). The van der Waals surface area contributed by atoms with Crippen molar-refractivity contribution in [1.82, 2.24) is 14.9 Å². The molecule has 1 aliphatic heterocycles. The minimum Gasteiger partial charge on any atom is -0.368 e. The van der Waals surface area contributed by atoms with Crippen molar-refractivity contribution in [3.05, 3.63) is 6.07 Å². The number of nitrogen functional groups attached to an aromatic ring is 2. The summed E-state index contributed by atoms with van der Waals surface area (Å²) < 4.78 is 0. The second-order valence-corrected chi connectivity index (χ2v) is 4.56. The average Bonchev–Trinajstić information content (AvgIpc) is 2.91. The molecule has 104 valence electrons. The summed E-state index contributed by atoms with van der Waals surface area (Å²) in [4.78, 5) is 23.6. The van der Waals surface area contributed by atoms with E-state index >= 15 is 0 Å². The maximum Gasteiger partial charge on any atom is 0.242 e. The van der Waals surface area contributed by atoms with Gasteiger partial charge < -0.3 is 21.0 Å². The summed E-state index contributed by atoms with van der Waals surface area (Å²) in [6.45, 7) is 1.95. The number of hydrogen-bond acceptors (Lipinski definition) is 7. The van der Waals surface area contributed by atoms with Gasteiger partial charge in [-0.25, -0.2) is 5.84 Å². The predicted octanol–water partition coefficient (Wildman–Crippen LogP) is -0.597. The number of nitrogens with zero attached hydrogens (tertiary/aromatic N) is 4. The van der Waals surface area contributed by atoms with Crippen LogP contribution in [-0.4, -0.2) is 47.5 Å². The number of anilines is 3. The zero-order chi connectivity index (χ0) is 13.8. The van der Waals surface area contributed by atoms with Gasteiger partial charge in [-0.1, -0.05) is 0 Å². The molecule has 1 aliphatic rings. The molecule has 0 radical (unpaired) electrons. The monoisotopic (exact) mass is 265 g/mol. The van der Waals surface area contributed by atoms with Gasteiger partial charge >= 0.3 is 0 Å². The summed E-state index contributed by atoms with van der Waals surface area (Å²) in [6, 6.07) is 1.65. The maximum absolute atomic E-state index is 12.0. The van der Waals surface area contributed by atoms with E-state index in [0.717, 1.165) is 25.9 Å². The van der Waals surface area contributed by atoms with E-state index in [1.54, 1.807) is 18.0 Å². The summed E-state index contributed by atoms with van der Waals surface area (Å²) in [7, 11) is 1.79. The Kier molecular flexibility index (Phi) is 4.00. The smallest absolute Gasteiger partial charge is 0.242 e. The fourth-order valence-electron chi connectivity index (χ4n) is 2.07. The number of rotatable bonds is 4. The predicted molar refractivity (Wildman–Crippen MR) is 73.3 cm³/mol. The van der Waals surface area contributed by atoms with E-state index < -0.39 is 0 Å². The van der Waals surface area contributed by atoms with Crippen molar-refractivity contribution >= 4 is 23.5 Å². The summed E-state index contributed by atoms with van der Waals surface area (Å²) in [6.07, 6.45) is 2.16. The van der Waals surface area contributed by atoms with Gasteiger partial charge in [0.1, 0.15) is 11.6 Å². The molecule has 5 N–H and O–H groups in total. The summed E-state index contributed by atoms with van der Waals surface area (Å²) in [5.74, 6) is 6.49. The van der Waals surface area contributed by atoms with E-state index in [9.17, 15) is 4.79 Å². The third kappa shape index (κ3) is 3.22. The lowest BCUT2D eigenvalue weighted by Crippen LogP contribution is -2.37. The third-order valence-corrected chi connectivity index (χ3v) is 3.10. The molecule has 1 fully saturated rings. The summed E-state index contributed by atoms with van der Waals surface area (Å²) in [5.41, 5.74) is 8.00. The van der Waals surface area contributed by atoms with Gasteiger partial charge in [0.25, 0.3) is 0 Å². The second kappa shape index (κ2) is 5.70. The normalized spacial score (nSPS) is 14.5. The maximum atomic E-state index is 12.0. The first-order chi connectivity index (χ1) is 9.10. The number of carbonyl (C=O) groups excluding carboxylic acids is 1. The van der Waals surface area contributed by atoms with Crippen molar-refractivity contribution in [3.63, 3.8) is 0 Å². The van der Waals surface area contributed by atoms with E-state index in [2.05, 4.69) is 15.4 Å². The quantitative estimate of drug-likeness (QED) is 0.492. The molecule has 1 aromatic heterocycles. The van der Waals surface area contributed by atoms with Crippen molar-refractivity contribution < 1.29 is 4.79 Å². The number of nitrogens with one attached hydrogen (secondary N) is 1. The molecule has 0 bridgehead atoms. The number of amides is 1. The van der Waals surface area contributed by atoms with Gasteiger partial charge in [0.2, 0.25) is 11.9 Å². The number of carbonyl (C=O) groups is 1. The van der Waals surface area contributed by atoms with Crippen LogP contribution in [0, 0.1) is 0 Å². The molecule has 8 nitrogen and oxygen atoms in total. The zero-order valence-electron chi connectivity index (χ0n) is 11.0. The fourth-order valence-corrected chi connectivity index (χ4v) is 2.07. The number of likely N-dealkylation sites (tertiary alicyclic amines) is 1. The molecule has 2 heterocycles. The first kappa shape index (κ1) is 13.3. The average molecular weight is 265 g/mol. The van der Waals surface area contributed by atoms with Gasteiger partial charge in [0.05, 0.1) is 6.54 Å². The lowest BCUT2D eigenvalue weighted by atomic mass is 10.4. The molecule has 1 aromatic rings. The second-order valence-electron chi connectivity index (χ2n) is 4.56. The van der Waals surface area contributed by atoms with Crippen LogP contribution in [0.15, 0.2) is 6.07 Å². The minimum absolute atomic E-state index is 0.0967. The highest BCUT2D eigenvalue weighted by atomic mass is 16.2. The van der Waals surface area contributed by atoms with Gasteiger partial charge in [-0.15, -0.1) is 0 Å². The third-order valence-electron chi connectivity index (χ3n) is 3.10. The van der Waals surface area contributed by atoms with Crippen molar-refractivity contribution in [1.29, 1.82) is 0 Å².